The van der Waals surface area contributed by atoms with Crippen LogP contribution >= 0.6 is 0 Å². The molecule has 0 aliphatic heterocycles. The highest BCUT2D eigenvalue weighted by molar-refractivity contribution is 4.97. The third-order valence-electron chi connectivity index (χ3n) is 5.94. The molecule has 0 radical (unpaired) electrons. The maximum absolute atomic E-state index is 2.50. The standard InChI is InChI=1S/C16H30/c1-13-6-7-16(12-15(13,4)5)10-8-14(2,3)9-11-16/h13H,6-12H2,1-5H3/t13-/m1/s1. The van der Waals surface area contributed by atoms with Crippen LogP contribution in [-0.4, -0.2) is 0 Å². The van der Waals surface area contributed by atoms with Gasteiger partial charge in [0.25, 0.3) is 0 Å². The summed E-state index contributed by atoms with van der Waals surface area (Å²) >= 11 is 0. The van der Waals surface area contributed by atoms with Gasteiger partial charge < -0.3 is 0 Å². The Hall–Kier alpha value is 0. The Morgan fingerprint density at radius 1 is 0.812 bits per heavy atom. The van der Waals surface area contributed by atoms with Gasteiger partial charge in [0.05, 0.1) is 0 Å². The van der Waals surface area contributed by atoms with E-state index in [0.29, 0.717) is 10.8 Å². The third kappa shape index (κ3) is 2.31. The van der Waals surface area contributed by atoms with E-state index < -0.39 is 0 Å². The summed E-state index contributed by atoms with van der Waals surface area (Å²) in [5, 5.41) is 0. The van der Waals surface area contributed by atoms with E-state index in [4.69, 9.17) is 0 Å². The molecule has 0 heterocycles. The second-order valence-corrected chi connectivity index (χ2v) is 8.27. The molecule has 0 unspecified atom stereocenters. The molecular formula is C16H30. The molecule has 0 heteroatoms. The van der Waals surface area contributed by atoms with Gasteiger partial charge in [0.2, 0.25) is 0 Å². The minimum atomic E-state index is 0.583. The molecule has 2 aliphatic rings. The summed E-state index contributed by atoms with van der Waals surface area (Å²) in [5.41, 5.74) is 1.93. The van der Waals surface area contributed by atoms with Crippen LogP contribution in [0.2, 0.25) is 0 Å². The summed E-state index contributed by atoms with van der Waals surface area (Å²) in [4.78, 5) is 0. The van der Waals surface area contributed by atoms with Crippen molar-refractivity contribution < 1.29 is 0 Å². The van der Waals surface area contributed by atoms with Crippen molar-refractivity contribution in [2.24, 2.45) is 22.2 Å². The zero-order valence-corrected chi connectivity index (χ0v) is 12.0. The van der Waals surface area contributed by atoms with Gasteiger partial charge in [0.1, 0.15) is 0 Å². The Balaban J connectivity index is 2.06. The quantitative estimate of drug-likeness (QED) is 0.513. The maximum atomic E-state index is 2.50. The van der Waals surface area contributed by atoms with Gasteiger partial charge in [0, 0.05) is 0 Å². The highest BCUT2D eigenvalue weighted by Gasteiger charge is 2.46. The normalized spacial score (nSPS) is 36.2. The van der Waals surface area contributed by atoms with Crippen LogP contribution in [0, 0.1) is 22.2 Å². The number of rotatable bonds is 0. The first-order chi connectivity index (χ1) is 7.25. The summed E-state index contributed by atoms with van der Waals surface area (Å²) in [6, 6.07) is 0. The molecule has 0 aromatic carbocycles. The minimum absolute atomic E-state index is 0.583. The Bertz CT molecular complexity index is 249. The number of hydrogen-bond acceptors (Lipinski definition) is 0. The molecule has 2 saturated carbocycles. The van der Waals surface area contributed by atoms with Gasteiger partial charge in [-0.3, -0.25) is 0 Å². The summed E-state index contributed by atoms with van der Waals surface area (Å²) < 4.78 is 0. The van der Waals surface area contributed by atoms with Crippen molar-refractivity contribution in [3.63, 3.8) is 0 Å². The van der Waals surface area contributed by atoms with Gasteiger partial charge in [-0.1, -0.05) is 34.6 Å². The van der Waals surface area contributed by atoms with Crippen LogP contribution in [0.5, 0.6) is 0 Å². The lowest BCUT2D eigenvalue weighted by atomic mass is 9.53. The Morgan fingerprint density at radius 3 is 1.88 bits per heavy atom. The second kappa shape index (κ2) is 3.75. The van der Waals surface area contributed by atoms with Crippen LogP contribution < -0.4 is 0 Å². The molecule has 94 valence electrons. The average molecular weight is 222 g/mol. The van der Waals surface area contributed by atoms with Crippen LogP contribution in [0.3, 0.4) is 0 Å². The van der Waals surface area contributed by atoms with Crippen LogP contribution in [0.25, 0.3) is 0 Å². The fourth-order valence-corrected chi connectivity index (χ4v) is 4.03. The Labute approximate surface area is 102 Å². The van der Waals surface area contributed by atoms with Crippen molar-refractivity contribution in [3.8, 4) is 0 Å². The number of hydrogen-bond donors (Lipinski definition) is 0. The molecule has 0 bridgehead atoms. The summed E-state index contributed by atoms with van der Waals surface area (Å²) in [7, 11) is 0. The van der Waals surface area contributed by atoms with Crippen molar-refractivity contribution in [1.29, 1.82) is 0 Å². The SMILES string of the molecule is C[C@@H]1CCC2(CCC(C)(C)CC2)CC1(C)C. The van der Waals surface area contributed by atoms with Crippen LogP contribution in [0.15, 0.2) is 0 Å². The predicted octanol–water partition coefficient (Wildman–Crippen LogP) is 5.42. The van der Waals surface area contributed by atoms with Crippen molar-refractivity contribution in [2.45, 2.75) is 79.6 Å². The molecular weight excluding hydrogens is 192 g/mol. The first kappa shape index (κ1) is 12.5. The zero-order valence-electron chi connectivity index (χ0n) is 12.0. The Kier molecular flexibility index (Phi) is 2.92. The Morgan fingerprint density at radius 2 is 1.38 bits per heavy atom. The third-order valence-corrected chi connectivity index (χ3v) is 5.94. The van der Waals surface area contributed by atoms with E-state index in [1.807, 2.05) is 0 Å². The van der Waals surface area contributed by atoms with Crippen molar-refractivity contribution in [2.75, 3.05) is 0 Å². The van der Waals surface area contributed by atoms with Crippen LogP contribution in [-0.2, 0) is 0 Å². The molecule has 1 spiro atoms. The van der Waals surface area contributed by atoms with Gasteiger partial charge in [0.15, 0.2) is 0 Å². The lowest BCUT2D eigenvalue weighted by molar-refractivity contribution is -0.0155. The molecule has 16 heavy (non-hydrogen) atoms. The molecule has 0 amide bonds. The van der Waals surface area contributed by atoms with E-state index in [-0.39, 0.29) is 0 Å². The largest absolute Gasteiger partial charge is 0.0620 e. The molecule has 1 atom stereocenters. The molecule has 0 saturated heterocycles. The van der Waals surface area contributed by atoms with Gasteiger partial charge >= 0.3 is 0 Å². The predicted molar refractivity (Wildman–Crippen MR) is 71.5 cm³/mol. The van der Waals surface area contributed by atoms with E-state index in [9.17, 15) is 0 Å². The molecule has 0 aromatic heterocycles. The maximum Gasteiger partial charge on any atom is -0.0292 e. The smallest absolute Gasteiger partial charge is 0.0292 e. The fraction of sp³-hybridized carbons (Fsp3) is 1.00. The highest BCUT2D eigenvalue weighted by atomic mass is 14.5. The van der Waals surface area contributed by atoms with Crippen LogP contribution in [0.4, 0.5) is 0 Å². The summed E-state index contributed by atoms with van der Waals surface area (Å²) in [6.45, 7) is 12.4. The van der Waals surface area contributed by atoms with Crippen molar-refractivity contribution in [1.82, 2.24) is 0 Å². The van der Waals surface area contributed by atoms with E-state index in [0.717, 1.165) is 11.3 Å². The van der Waals surface area contributed by atoms with E-state index in [2.05, 4.69) is 34.6 Å². The van der Waals surface area contributed by atoms with Gasteiger partial charge in [-0.05, 0) is 67.1 Å². The van der Waals surface area contributed by atoms with E-state index in [1.165, 1.54) is 44.9 Å². The van der Waals surface area contributed by atoms with Crippen molar-refractivity contribution >= 4 is 0 Å². The minimum Gasteiger partial charge on any atom is -0.0620 e. The van der Waals surface area contributed by atoms with E-state index in [1.54, 1.807) is 0 Å². The topological polar surface area (TPSA) is 0 Å². The van der Waals surface area contributed by atoms with Gasteiger partial charge in [-0.15, -0.1) is 0 Å². The molecule has 0 N–H and O–H groups in total. The monoisotopic (exact) mass is 222 g/mol. The highest BCUT2D eigenvalue weighted by Crippen LogP contribution is 2.57. The summed E-state index contributed by atoms with van der Waals surface area (Å²) in [6.07, 6.45) is 10.4. The zero-order chi connectivity index (χ0) is 12.0. The second-order valence-electron chi connectivity index (χ2n) is 8.27. The van der Waals surface area contributed by atoms with Crippen molar-refractivity contribution in [3.05, 3.63) is 0 Å². The average Bonchev–Trinajstić information content (AvgIpc) is 2.17. The fourth-order valence-electron chi connectivity index (χ4n) is 4.03. The van der Waals surface area contributed by atoms with Gasteiger partial charge in [-0.25, -0.2) is 0 Å². The van der Waals surface area contributed by atoms with Gasteiger partial charge in [-0.2, -0.15) is 0 Å². The first-order valence-electron chi connectivity index (χ1n) is 7.25. The molecule has 0 nitrogen and oxygen atoms in total. The first-order valence-corrected chi connectivity index (χ1v) is 7.25. The van der Waals surface area contributed by atoms with Crippen LogP contribution in [0.1, 0.15) is 79.6 Å². The summed E-state index contributed by atoms with van der Waals surface area (Å²) in [5.74, 6) is 0.924. The molecule has 2 fully saturated rings. The molecule has 0 aromatic rings. The lowest BCUT2D eigenvalue weighted by Crippen LogP contribution is -2.41. The molecule has 2 aliphatic carbocycles. The van der Waals surface area contributed by atoms with E-state index >= 15 is 0 Å². The lowest BCUT2D eigenvalue weighted by Gasteiger charge is -2.53. The molecule has 2 rings (SSSR count).